The average molecular weight is 126 g/mol. The van der Waals surface area contributed by atoms with Crippen LogP contribution in [0.1, 0.15) is 11.1 Å². The number of ether oxygens (including phenoxy) is 1. The zero-order chi connectivity index (χ0) is 6.85. The highest BCUT2D eigenvalue weighted by molar-refractivity contribution is 5.29. The van der Waals surface area contributed by atoms with Crippen molar-refractivity contribution < 1.29 is 9.15 Å². The first-order valence-corrected chi connectivity index (χ1v) is 2.84. The smallest absolute Gasteiger partial charge is 0.287 e. The molecule has 0 fully saturated rings. The fourth-order valence-electron chi connectivity index (χ4n) is 0.681. The van der Waals surface area contributed by atoms with Gasteiger partial charge in [0.15, 0.2) is 0 Å². The van der Waals surface area contributed by atoms with Crippen LogP contribution in [0.25, 0.3) is 0 Å². The predicted molar refractivity (Wildman–Crippen MR) is 34.7 cm³/mol. The minimum absolute atomic E-state index is 0.618. The van der Waals surface area contributed by atoms with Gasteiger partial charge in [-0.2, -0.15) is 0 Å². The SMILES string of the molecule is COc1occ(C)c1C. The molecule has 0 atom stereocenters. The van der Waals surface area contributed by atoms with E-state index in [1.807, 2.05) is 13.8 Å². The van der Waals surface area contributed by atoms with Crippen LogP contribution in [0.4, 0.5) is 0 Å². The molecule has 0 unspecified atom stereocenters. The normalized spacial score (nSPS) is 9.67. The molecule has 0 aliphatic heterocycles. The quantitative estimate of drug-likeness (QED) is 0.573. The summed E-state index contributed by atoms with van der Waals surface area (Å²) in [5.41, 5.74) is 2.21. The zero-order valence-electron chi connectivity index (χ0n) is 5.89. The minimum atomic E-state index is 0.618. The van der Waals surface area contributed by atoms with Crippen molar-refractivity contribution in [2.24, 2.45) is 0 Å². The lowest BCUT2D eigenvalue weighted by Gasteiger charge is -1.92. The first-order chi connectivity index (χ1) is 4.25. The Kier molecular flexibility index (Phi) is 1.47. The van der Waals surface area contributed by atoms with E-state index in [1.54, 1.807) is 13.4 Å². The lowest BCUT2D eigenvalue weighted by atomic mass is 10.2. The summed E-state index contributed by atoms with van der Waals surface area (Å²) in [6, 6.07) is 0. The van der Waals surface area contributed by atoms with E-state index in [1.165, 1.54) is 0 Å². The van der Waals surface area contributed by atoms with E-state index in [-0.39, 0.29) is 0 Å². The third-order valence-electron chi connectivity index (χ3n) is 1.43. The molecule has 1 rings (SSSR count). The van der Waals surface area contributed by atoms with Crippen molar-refractivity contribution in [1.82, 2.24) is 0 Å². The van der Waals surface area contributed by atoms with Gasteiger partial charge in [0, 0.05) is 5.56 Å². The molecule has 0 aliphatic rings. The second-order valence-corrected chi connectivity index (χ2v) is 2.04. The Morgan fingerprint density at radius 2 is 2.11 bits per heavy atom. The van der Waals surface area contributed by atoms with E-state index >= 15 is 0 Å². The van der Waals surface area contributed by atoms with Crippen molar-refractivity contribution in [3.05, 3.63) is 17.4 Å². The van der Waals surface area contributed by atoms with Crippen LogP contribution >= 0.6 is 0 Å². The molecule has 1 aromatic heterocycles. The fraction of sp³-hybridized carbons (Fsp3) is 0.429. The topological polar surface area (TPSA) is 22.4 Å². The Morgan fingerprint density at radius 1 is 1.44 bits per heavy atom. The molecular formula is C7H10O2. The maximum atomic E-state index is 5.02. The molecule has 0 saturated carbocycles. The maximum absolute atomic E-state index is 5.02. The van der Waals surface area contributed by atoms with Crippen LogP contribution in [0, 0.1) is 13.8 Å². The molecule has 0 spiro atoms. The van der Waals surface area contributed by atoms with Crippen LogP contribution in [0.2, 0.25) is 0 Å². The summed E-state index contributed by atoms with van der Waals surface area (Å²) in [5, 5.41) is 0. The number of furan rings is 1. The predicted octanol–water partition coefficient (Wildman–Crippen LogP) is 1.91. The largest absolute Gasteiger partial charge is 0.468 e. The van der Waals surface area contributed by atoms with Crippen LogP contribution in [0.5, 0.6) is 5.95 Å². The van der Waals surface area contributed by atoms with Gasteiger partial charge in [-0.1, -0.05) is 0 Å². The molecular weight excluding hydrogens is 116 g/mol. The van der Waals surface area contributed by atoms with Crippen molar-refractivity contribution in [3.8, 4) is 5.95 Å². The summed E-state index contributed by atoms with van der Waals surface area (Å²) in [6.45, 7) is 3.96. The van der Waals surface area contributed by atoms with Crippen molar-refractivity contribution in [1.29, 1.82) is 0 Å². The summed E-state index contributed by atoms with van der Waals surface area (Å²) in [4.78, 5) is 0. The van der Waals surface area contributed by atoms with Crippen LogP contribution in [-0.4, -0.2) is 7.11 Å². The molecule has 2 nitrogen and oxygen atoms in total. The molecule has 50 valence electrons. The molecule has 0 saturated heterocycles. The molecule has 9 heavy (non-hydrogen) atoms. The summed E-state index contributed by atoms with van der Waals surface area (Å²) in [5.74, 6) is 0.618. The lowest BCUT2D eigenvalue weighted by Crippen LogP contribution is -1.81. The van der Waals surface area contributed by atoms with Crippen LogP contribution in [-0.2, 0) is 0 Å². The Labute approximate surface area is 54.4 Å². The van der Waals surface area contributed by atoms with E-state index in [2.05, 4.69) is 0 Å². The number of hydrogen-bond donors (Lipinski definition) is 0. The molecule has 0 N–H and O–H groups in total. The molecule has 0 radical (unpaired) electrons. The monoisotopic (exact) mass is 126 g/mol. The third kappa shape index (κ3) is 0.922. The Hall–Kier alpha value is -0.920. The van der Waals surface area contributed by atoms with Gasteiger partial charge in [-0.15, -0.1) is 0 Å². The Morgan fingerprint density at radius 3 is 2.33 bits per heavy atom. The number of aryl methyl sites for hydroxylation is 1. The van der Waals surface area contributed by atoms with Crippen LogP contribution in [0.15, 0.2) is 10.7 Å². The standard InChI is InChI=1S/C7H10O2/c1-5-4-9-7(8-3)6(5)2/h4H,1-3H3. The fourth-order valence-corrected chi connectivity index (χ4v) is 0.681. The van der Waals surface area contributed by atoms with Crippen LogP contribution in [0.3, 0.4) is 0 Å². The van der Waals surface area contributed by atoms with Crippen LogP contribution < -0.4 is 4.74 Å². The van der Waals surface area contributed by atoms with Gasteiger partial charge in [0.25, 0.3) is 5.95 Å². The average Bonchev–Trinajstić information content (AvgIpc) is 2.15. The molecule has 1 aromatic rings. The van der Waals surface area contributed by atoms with Gasteiger partial charge >= 0.3 is 0 Å². The van der Waals surface area contributed by atoms with E-state index in [4.69, 9.17) is 9.15 Å². The highest BCUT2D eigenvalue weighted by atomic mass is 16.6. The Bertz CT molecular complexity index is 201. The zero-order valence-corrected chi connectivity index (χ0v) is 5.89. The molecule has 0 aliphatic carbocycles. The molecule has 1 heterocycles. The highest BCUT2D eigenvalue weighted by Gasteiger charge is 2.03. The van der Waals surface area contributed by atoms with Crippen molar-refractivity contribution in [2.45, 2.75) is 13.8 Å². The van der Waals surface area contributed by atoms with E-state index in [9.17, 15) is 0 Å². The lowest BCUT2D eigenvalue weighted by molar-refractivity contribution is 0.302. The molecule has 0 amide bonds. The van der Waals surface area contributed by atoms with Gasteiger partial charge in [-0.3, -0.25) is 0 Å². The molecule has 0 bridgehead atoms. The van der Waals surface area contributed by atoms with E-state index in [0.717, 1.165) is 11.1 Å². The Balaban J connectivity index is 3.04. The highest BCUT2D eigenvalue weighted by Crippen LogP contribution is 2.21. The van der Waals surface area contributed by atoms with Gasteiger partial charge in [0.05, 0.1) is 13.4 Å². The van der Waals surface area contributed by atoms with Gasteiger partial charge < -0.3 is 9.15 Å². The third-order valence-corrected chi connectivity index (χ3v) is 1.43. The number of rotatable bonds is 1. The minimum Gasteiger partial charge on any atom is -0.468 e. The van der Waals surface area contributed by atoms with Gasteiger partial charge in [-0.05, 0) is 19.4 Å². The maximum Gasteiger partial charge on any atom is 0.287 e. The van der Waals surface area contributed by atoms with E-state index < -0.39 is 0 Å². The summed E-state index contributed by atoms with van der Waals surface area (Å²) in [6.07, 6.45) is 1.69. The molecule has 2 heteroatoms. The summed E-state index contributed by atoms with van der Waals surface area (Å²) >= 11 is 0. The van der Waals surface area contributed by atoms with Crippen molar-refractivity contribution >= 4 is 0 Å². The summed E-state index contributed by atoms with van der Waals surface area (Å²) in [7, 11) is 1.60. The van der Waals surface area contributed by atoms with Crippen molar-refractivity contribution in [2.75, 3.05) is 7.11 Å². The van der Waals surface area contributed by atoms with E-state index in [0.29, 0.717) is 5.95 Å². The molecule has 0 aromatic carbocycles. The first kappa shape index (κ1) is 6.20. The number of hydrogen-bond acceptors (Lipinski definition) is 2. The van der Waals surface area contributed by atoms with Gasteiger partial charge in [0.1, 0.15) is 0 Å². The first-order valence-electron chi connectivity index (χ1n) is 2.84. The van der Waals surface area contributed by atoms with Gasteiger partial charge in [-0.25, -0.2) is 0 Å². The van der Waals surface area contributed by atoms with Gasteiger partial charge in [0.2, 0.25) is 0 Å². The second kappa shape index (κ2) is 2.13. The van der Waals surface area contributed by atoms with Crippen molar-refractivity contribution in [3.63, 3.8) is 0 Å². The summed E-state index contributed by atoms with van der Waals surface area (Å²) < 4.78 is 9.92. The second-order valence-electron chi connectivity index (χ2n) is 2.04. The number of methoxy groups -OCH3 is 1.